The molecular weight excluding hydrogens is 265 g/mol. The van der Waals surface area contributed by atoms with Crippen molar-refractivity contribution in [3.05, 3.63) is 66.0 Å². The van der Waals surface area contributed by atoms with Gasteiger partial charge < -0.3 is 0 Å². The second-order valence-electron chi connectivity index (χ2n) is 4.18. The van der Waals surface area contributed by atoms with Gasteiger partial charge in [0.1, 0.15) is 5.82 Å². The van der Waals surface area contributed by atoms with Crippen molar-refractivity contribution < 1.29 is 12.8 Å². The second kappa shape index (κ2) is 5.50. The van der Waals surface area contributed by atoms with Crippen molar-refractivity contribution in [2.24, 2.45) is 0 Å². The first kappa shape index (κ1) is 13.7. The highest BCUT2D eigenvalue weighted by Gasteiger charge is 2.19. The summed E-state index contributed by atoms with van der Waals surface area (Å²) in [5, 5.41) is 0. The number of hydrogen-bond acceptors (Lipinski definition) is 2. The molecule has 0 aliphatic rings. The molecule has 0 spiro atoms. The van der Waals surface area contributed by atoms with Gasteiger partial charge in [-0.05, 0) is 25.1 Å². The number of benzene rings is 2. The first-order chi connectivity index (χ1) is 9.00. The van der Waals surface area contributed by atoms with Crippen LogP contribution in [-0.4, -0.2) is 8.42 Å². The quantitative estimate of drug-likeness (QED) is 0.935. The summed E-state index contributed by atoms with van der Waals surface area (Å²) in [4.78, 5) is 0.165. The molecule has 100 valence electrons. The average Bonchev–Trinajstić information content (AvgIpc) is 2.39. The number of sulfonamides is 1. The van der Waals surface area contributed by atoms with E-state index in [4.69, 9.17) is 0 Å². The van der Waals surface area contributed by atoms with Gasteiger partial charge in [0.15, 0.2) is 0 Å². The lowest BCUT2D eigenvalue weighted by molar-refractivity contribution is 0.550. The van der Waals surface area contributed by atoms with Gasteiger partial charge in [0.05, 0.1) is 4.90 Å². The maximum Gasteiger partial charge on any atom is 0.241 e. The van der Waals surface area contributed by atoms with Crippen LogP contribution in [0, 0.1) is 5.82 Å². The van der Waals surface area contributed by atoms with Gasteiger partial charge in [0.25, 0.3) is 0 Å². The molecule has 0 aliphatic heterocycles. The Balaban J connectivity index is 2.24. The van der Waals surface area contributed by atoms with Crippen LogP contribution in [0.5, 0.6) is 0 Å². The van der Waals surface area contributed by atoms with Gasteiger partial charge in [-0.15, -0.1) is 0 Å². The van der Waals surface area contributed by atoms with E-state index >= 15 is 0 Å². The molecule has 0 aromatic heterocycles. The van der Waals surface area contributed by atoms with E-state index in [2.05, 4.69) is 4.72 Å². The van der Waals surface area contributed by atoms with Crippen molar-refractivity contribution in [3.8, 4) is 0 Å². The van der Waals surface area contributed by atoms with Crippen LogP contribution in [0.25, 0.3) is 0 Å². The maximum atomic E-state index is 13.6. The zero-order valence-corrected chi connectivity index (χ0v) is 11.2. The first-order valence-corrected chi connectivity index (χ1v) is 7.31. The van der Waals surface area contributed by atoms with Crippen molar-refractivity contribution in [1.82, 2.24) is 4.72 Å². The molecule has 1 unspecified atom stereocenters. The van der Waals surface area contributed by atoms with Gasteiger partial charge in [0.2, 0.25) is 10.0 Å². The molecule has 0 radical (unpaired) electrons. The fourth-order valence-electron chi connectivity index (χ4n) is 1.79. The zero-order chi connectivity index (χ0) is 13.9. The Morgan fingerprint density at radius 1 is 1.00 bits per heavy atom. The summed E-state index contributed by atoms with van der Waals surface area (Å²) in [5.41, 5.74) is 0.321. The van der Waals surface area contributed by atoms with Crippen LogP contribution in [0.15, 0.2) is 59.5 Å². The van der Waals surface area contributed by atoms with E-state index in [1.54, 1.807) is 43.3 Å². The Hall–Kier alpha value is -1.72. The SMILES string of the molecule is CC(NS(=O)(=O)c1ccccc1)c1ccccc1F. The zero-order valence-electron chi connectivity index (χ0n) is 10.4. The first-order valence-electron chi connectivity index (χ1n) is 5.82. The smallest absolute Gasteiger partial charge is 0.207 e. The van der Waals surface area contributed by atoms with Crippen molar-refractivity contribution in [2.45, 2.75) is 17.9 Å². The van der Waals surface area contributed by atoms with E-state index in [0.29, 0.717) is 5.56 Å². The molecule has 0 saturated carbocycles. The van der Waals surface area contributed by atoms with Gasteiger partial charge in [-0.2, -0.15) is 0 Å². The van der Waals surface area contributed by atoms with Gasteiger partial charge in [-0.3, -0.25) is 0 Å². The third-order valence-corrected chi connectivity index (χ3v) is 4.31. The fourth-order valence-corrected chi connectivity index (χ4v) is 3.03. The summed E-state index contributed by atoms with van der Waals surface area (Å²) in [6.07, 6.45) is 0. The van der Waals surface area contributed by atoms with E-state index in [0.717, 1.165) is 0 Å². The normalized spacial score (nSPS) is 13.2. The van der Waals surface area contributed by atoms with Crippen LogP contribution in [0.2, 0.25) is 0 Å². The summed E-state index contributed by atoms with van der Waals surface area (Å²) < 4.78 is 40.2. The summed E-state index contributed by atoms with van der Waals surface area (Å²) >= 11 is 0. The van der Waals surface area contributed by atoms with E-state index in [1.165, 1.54) is 18.2 Å². The van der Waals surface area contributed by atoms with E-state index < -0.39 is 21.9 Å². The molecular formula is C14H14FNO2S. The summed E-state index contributed by atoms with van der Waals surface area (Å²) in [6.45, 7) is 1.61. The van der Waals surface area contributed by atoms with E-state index in [1.807, 2.05) is 0 Å². The predicted octanol–water partition coefficient (Wildman–Crippen LogP) is 2.87. The monoisotopic (exact) mass is 279 g/mol. The molecule has 19 heavy (non-hydrogen) atoms. The molecule has 5 heteroatoms. The second-order valence-corrected chi connectivity index (χ2v) is 5.89. The third kappa shape index (κ3) is 3.19. The van der Waals surface area contributed by atoms with Gasteiger partial charge in [-0.25, -0.2) is 17.5 Å². The largest absolute Gasteiger partial charge is 0.241 e. The summed E-state index contributed by atoms with van der Waals surface area (Å²) in [7, 11) is -3.64. The van der Waals surface area contributed by atoms with Crippen molar-refractivity contribution in [3.63, 3.8) is 0 Å². The van der Waals surface area contributed by atoms with Crippen LogP contribution in [0.3, 0.4) is 0 Å². The number of hydrogen-bond donors (Lipinski definition) is 1. The lowest BCUT2D eigenvalue weighted by atomic mass is 10.1. The molecule has 1 atom stereocenters. The fraction of sp³-hybridized carbons (Fsp3) is 0.143. The van der Waals surface area contributed by atoms with Crippen LogP contribution < -0.4 is 4.72 Å². The topological polar surface area (TPSA) is 46.2 Å². The van der Waals surface area contributed by atoms with Crippen molar-refractivity contribution in [2.75, 3.05) is 0 Å². The minimum atomic E-state index is -3.64. The molecule has 1 N–H and O–H groups in total. The van der Waals surface area contributed by atoms with Crippen LogP contribution in [0.1, 0.15) is 18.5 Å². The van der Waals surface area contributed by atoms with E-state index in [-0.39, 0.29) is 4.90 Å². The van der Waals surface area contributed by atoms with Crippen LogP contribution in [-0.2, 0) is 10.0 Å². The Kier molecular flexibility index (Phi) is 3.97. The summed E-state index contributed by atoms with van der Waals surface area (Å²) in [6, 6.07) is 13.5. The third-order valence-electron chi connectivity index (χ3n) is 2.76. The Morgan fingerprint density at radius 3 is 2.21 bits per heavy atom. The molecule has 3 nitrogen and oxygen atoms in total. The molecule has 0 aliphatic carbocycles. The molecule has 2 aromatic carbocycles. The van der Waals surface area contributed by atoms with Gasteiger partial charge >= 0.3 is 0 Å². The number of halogens is 1. The maximum absolute atomic E-state index is 13.6. The van der Waals surface area contributed by atoms with Crippen molar-refractivity contribution >= 4 is 10.0 Å². The highest BCUT2D eigenvalue weighted by molar-refractivity contribution is 7.89. The minimum Gasteiger partial charge on any atom is -0.207 e. The Bertz CT molecular complexity index is 656. The molecule has 2 rings (SSSR count). The number of nitrogens with one attached hydrogen (secondary N) is 1. The Labute approximate surface area is 112 Å². The molecule has 0 fully saturated rings. The number of rotatable bonds is 4. The lowest BCUT2D eigenvalue weighted by Gasteiger charge is -2.15. The van der Waals surface area contributed by atoms with Gasteiger partial charge in [0, 0.05) is 11.6 Å². The molecule has 0 bridgehead atoms. The molecule has 0 saturated heterocycles. The van der Waals surface area contributed by atoms with Crippen LogP contribution in [0.4, 0.5) is 4.39 Å². The molecule has 2 aromatic rings. The lowest BCUT2D eigenvalue weighted by Crippen LogP contribution is -2.27. The highest BCUT2D eigenvalue weighted by Crippen LogP contribution is 2.19. The average molecular weight is 279 g/mol. The molecule has 0 amide bonds. The minimum absolute atomic E-state index is 0.165. The van der Waals surface area contributed by atoms with Crippen molar-refractivity contribution in [1.29, 1.82) is 0 Å². The Morgan fingerprint density at radius 2 is 1.58 bits per heavy atom. The van der Waals surface area contributed by atoms with E-state index in [9.17, 15) is 12.8 Å². The van der Waals surface area contributed by atoms with Crippen LogP contribution >= 0.6 is 0 Å². The highest BCUT2D eigenvalue weighted by atomic mass is 32.2. The standard InChI is InChI=1S/C14H14FNO2S/c1-11(13-9-5-6-10-14(13)15)16-19(17,18)12-7-3-2-4-8-12/h2-11,16H,1H3. The summed E-state index contributed by atoms with van der Waals surface area (Å²) in [5.74, 6) is -0.425. The van der Waals surface area contributed by atoms with Gasteiger partial charge in [-0.1, -0.05) is 36.4 Å². The molecule has 0 heterocycles. The predicted molar refractivity (Wildman–Crippen MR) is 71.6 cm³/mol.